The van der Waals surface area contributed by atoms with Crippen molar-refractivity contribution in [1.29, 1.82) is 0 Å². The van der Waals surface area contributed by atoms with E-state index in [4.69, 9.17) is 4.98 Å². The average molecular weight is 440 g/mol. The summed E-state index contributed by atoms with van der Waals surface area (Å²) in [7, 11) is 0. The second kappa shape index (κ2) is 8.65. The molecule has 2 atom stereocenters. The zero-order valence-electron chi connectivity index (χ0n) is 18.4. The fraction of sp³-hybridized carbons (Fsp3) is 0.542. The van der Waals surface area contributed by atoms with Crippen molar-refractivity contribution in [1.82, 2.24) is 15.3 Å². The number of hydrogen-bond donors (Lipinski definition) is 3. The molecule has 1 amide bonds. The highest BCUT2D eigenvalue weighted by Gasteiger charge is 2.46. The number of aliphatic hydroxyl groups is 1. The van der Waals surface area contributed by atoms with Crippen molar-refractivity contribution in [3.05, 3.63) is 46.9 Å². The van der Waals surface area contributed by atoms with Gasteiger partial charge in [-0.25, -0.2) is 9.37 Å². The van der Waals surface area contributed by atoms with Crippen molar-refractivity contribution in [3.8, 4) is 0 Å². The summed E-state index contributed by atoms with van der Waals surface area (Å²) in [5.41, 5.74) is 1.77. The molecule has 8 heteroatoms. The molecule has 0 radical (unpaired) electrons. The van der Waals surface area contributed by atoms with Crippen molar-refractivity contribution < 1.29 is 14.3 Å². The van der Waals surface area contributed by atoms with Crippen LogP contribution >= 0.6 is 0 Å². The lowest BCUT2D eigenvalue weighted by molar-refractivity contribution is 0.0867. The van der Waals surface area contributed by atoms with Gasteiger partial charge in [0.1, 0.15) is 17.2 Å². The molecule has 1 aromatic heterocycles. The van der Waals surface area contributed by atoms with Crippen LogP contribution in [0.3, 0.4) is 0 Å². The number of anilines is 2. The molecule has 2 heterocycles. The molecule has 32 heavy (non-hydrogen) atoms. The maximum Gasteiger partial charge on any atom is 0.256 e. The maximum atomic E-state index is 14.0. The summed E-state index contributed by atoms with van der Waals surface area (Å²) in [5, 5.41) is 16.0. The normalized spacial score (nSPS) is 26.5. The fourth-order valence-electron chi connectivity index (χ4n) is 4.80. The van der Waals surface area contributed by atoms with E-state index in [2.05, 4.69) is 20.5 Å². The second-order valence-corrected chi connectivity index (χ2v) is 9.51. The molecule has 2 aromatic rings. The van der Waals surface area contributed by atoms with Crippen molar-refractivity contribution in [2.75, 3.05) is 23.3 Å². The zero-order chi connectivity index (χ0) is 22.2. The lowest BCUT2D eigenvalue weighted by Gasteiger charge is -2.26. The van der Waals surface area contributed by atoms with Crippen LogP contribution in [0.4, 0.5) is 16.2 Å². The van der Waals surface area contributed by atoms with Crippen LogP contribution in [-0.4, -0.2) is 46.2 Å². The summed E-state index contributed by atoms with van der Waals surface area (Å²) in [6.07, 6.45) is 5.52. The van der Waals surface area contributed by atoms with E-state index in [9.17, 15) is 14.3 Å². The highest BCUT2D eigenvalue weighted by atomic mass is 19.1. The van der Waals surface area contributed by atoms with Gasteiger partial charge in [0.05, 0.1) is 6.10 Å². The Morgan fingerprint density at radius 1 is 1.22 bits per heavy atom. The van der Waals surface area contributed by atoms with Crippen molar-refractivity contribution >= 4 is 17.7 Å². The summed E-state index contributed by atoms with van der Waals surface area (Å²) in [6.45, 7) is 4.01. The van der Waals surface area contributed by atoms with Gasteiger partial charge in [-0.15, -0.1) is 0 Å². The van der Waals surface area contributed by atoms with Gasteiger partial charge in [-0.05, 0) is 68.1 Å². The number of halogens is 1. The third-order valence-corrected chi connectivity index (χ3v) is 7.01. The standard InChI is InChI=1S/C24H30FN5O2/c1-14-2-3-15(8-21(14)25)10-26-22-20(23(32)28-18-4-6-19(31)7-5-18)11-27-24(29-22)30-12-16-9-17(16)13-30/h2-3,8,11,16-19,31H,4-7,9-10,12-13H2,1H3,(H,28,32)(H,26,27,29)/t16?,17?,18-,19-. The van der Waals surface area contributed by atoms with Gasteiger partial charge in [-0.3, -0.25) is 4.79 Å². The number of amides is 1. The topological polar surface area (TPSA) is 90.4 Å². The molecular formula is C24H30FN5O2. The third-order valence-electron chi connectivity index (χ3n) is 7.01. The molecule has 3 fully saturated rings. The molecule has 1 aliphatic heterocycles. The van der Waals surface area contributed by atoms with Crippen LogP contribution in [-0.2, 0) is 6.54 Å². The van der Waals surface area contributed by atoms with E-state index in [1.807, 2.05) is 6.07 Å². The Morgan fingerprint density at radius 2 is 1.97 bits per heavy atom. The quantitative estimate of drug-likeness (QED) is 0.641. The SMILES string of the molecule is Cc1ccc(CNc2nc(N3CC4CC4C3)ncc2C(=O)N[C@H]2CC[C@H](O)CC2)cc1F. The molecule has 5 rings (SSSR count). The first-order chi connectivity index (χ1) is 15.5. The van der Waals surface area contributed by atoms with E-state index >= 15 is 0 Å². The van der Waals surface area contributed by atoms with Gasteiger partial charge >= 0.3 is 0 Å². The predicted molar refractivity (Wildman–Crippen MR) is 120 cm³/mol. The lowest BCUT2D eigenvalue weighted by Crippen LogP contribution is -2.39. The molecule has 0 bridgehead atoms. The molecule has 7 nitrogen and oxygen atoms in total. The monoisotopic (exact) mass is 439 g/mol. The smallest absolute Gasteiger partial charge is 0.256 e. The van der Waals surface area contributed by atoms with E-state index < -0.39 is 0 Å². The zero-order valence-corrected chi connectivity index (χ0v) is 18.4. The first-order valence-electron chi connectivity index (χ1n) is 11.6. The Kier molecular flexibility index (Phi) is 5.71. The Hall–Kier alpha value is -2.74. The Morgan fingerprint density at radius 3 is 2.69 bits per heavy atom. The van der Waals surface area contributed by atoms with Crippen LogP contribution < -0.4 is 15.5 Å². The first kappa shape index (κ1) is 21.1. The van der Waals surface area contributed by atoms with Gasteiger partial charge in [0.15, 0.2) is 0 Å². The Balaban J connectivity index is 1.34. The van der Waals surface area contributed by atoms with Crippen LogP contribution in [0.2, 0.25) is 0 Å². The minimum absolute atomic E-state index is 0.0373. The van der Waals surface area contributed by atoms with Gasteiger partial charge in [0.25, 0.3) is 5.91 Å². The highest BCUT2D eigenvalue weighted by Crippen LogP contribution is 2.45. The number of fused-ring (bicyclic) bond motifs is 1. The van der Waals surface area contributed by atoms with Crippen LogP contribution in [0.1, 0.15) is 53.6 Å². The molecule has 170 valence electrons. The number of aromatic nitrogens is 2. The maximum absolute atomic E-state index is 14.0. The number of piperidine rings is 1. The van der Waals surface area contributed by atoms with E-state index in [1.54, 1.807) is 19.2 Å². The molecule has 3 aliphatic rings. The number of hydrogen-bond acceptors (Lipinski definition) is 6. The van der Waals surface area contributed by atoms with Crippen molar-refractivity contribution in [3.63, 3.8) is 0 Å². The minimum Gasteiger partial charge on any atom is -0.393 e. The van der Waals surface area contributed by atoms with E-state index in [0.29, 0.717) is 42.3 Å². The Bertz CT molecular complexity index is 998. The van der Waals surface area contributed by atoms with Gasteiger partial charge in [-0.2, -0.15) is 4.98 Å². The number of aliphatic hydroxyl groups excluding tert-OH is 1. The number of nitrogens with one attached hydrogen (secondary N) is 2. The summed E-state index contributed by atoms with van der Waals surface area (Å²) < 4.78 is 14.0. The first-order valence-corrected chi connectivity index (χ1v) is 11.6. The van der Waals surface area contributed by atoms with E-state index in [0.717, 1.165) is 43.3 Å². The Labute approximate surface area is 187 Å². The third kappa shape index (κ3) is 4.55. The molecule has 2 aliphatic carbocycles. The molecule has 1 saturated heterocycles. The van der Waals surface area contributed by atoms with Crippen molar-refractivity contribution in [2.45, 2.75) is 57.7 Å². The van der Waals surface area contributed by atoms with Crippen LogP contribution in [0.25, 0.3) is 0 Å². The second-order valence-electron chi connectivity index (χ2n) is 9.51. The minimum atomic E-state index is -0.274. The lowest BCUT2D eigenvalue weighted by atomic mass is 9.93. The summed E-state index contributed by atoms with van der Waals surface area (Å²) in [6, 6.07) is 5.16. The largest absolute Gasteiger partial charge is 0.393 e. The number of carbonyl (C=O) groups excluding carboxylic acids is 1. The van der Waals surface area contributed by atoms with Crippen LogP contribution in [0, 0.1) is 24.6 Å². The van der Waals surface area contributed by atoms with E-state index in [1.165, 1.54) is 12.5 Å². The highest BCUT2D eigenvalue weighted by molar-refractivity contribution is 5.98. The van der Waals surface area contributed by atoms with E-state index in [-0.39, 0.29) is 23.9 Å². The number of rotatable bonds is 6. The van der Waals surface area contributed by atoms with Gasteiger partial charge in [0, 0.05) is 31.9 Å². The summed E-state index contributed by atoms with van der Waals surface area (Å²) in [4.78, 5) is 24.4. The molecule has 3 N–H and O–H groups in total. The van der Waals surface area contributed by atoms with Gasteiger partial charge < -0.3 is 20.6 Å². The number of carbonyl (C=O) groups is 1. The molecule has 0 spiro atoms. The summed E-state index contributed by atoms with van der Waals surface area (Å²) >= 11 is 0. The van der Waals surface area contributed by atoms with Crippen molar-refractivity contribution in [2.24, 2.45) is 11.8 Å². The van der Waals surface area contributed by atoms with Gasteiger partial charge in [0.2, 0.25) is 5.95 Å². The number of aryl methyl sites for hydroxylation is 1. The molecule has 2 unspecified atom stereocenters. The predicted octanol–water partition coefficient (Wildman–Crippen LogP) is 3.03. The molecular weight excluding hydrogens is 409 g/mol. The molecule has 1 aromatic carbocycles. The van der Waals surface area contributed by atoms with Crippen LogP contribution in [0.5, 0.6) is 0 Å². The fourth-order valence-corrected chi connectivity index (χ4v) is 4.80. The van der Waals surface area contributed by atoms with Gasteiger partial charge in [-0.1, -0.05) is 12.1 Å². The number of benzene rings is 1. The molecule has 2 saturated carbocycles. The average Bonchev–Trinajstić information content (AvgIpc) is 3.40. The number of nitrogens with zero attached hydrogens (tertiary/aromatic N) is 3. The summed E-state index contributed by atoms with van der Waals surface area (Å²) in [5.74, 6) is 2.11. The van der Waals surface area contributed by atoms with Crippen LogP contribution in [0.15, 0.2) is 24.4 Å².